The maximum absolute atomic E-state index is 13.6. The lowest BCUT2D eigenvalue weighted by molar-refractivity contribution is -0.157. The Kier molecular flexibility index (Phi) is 8.19. The number of aliphatic hydroxyl groups is 1. The van der Waals surface area contributed by atoms with Crippen molar-refractivity contribution in [1.82, 2.24) is 9.80 Å². The lowest BCUT2D eigenvalue weighted by Crippen LogP contribution is -2.49. The minimum atomic E-state index is -0.604. The van der Waals surface area contributed by atoms with Crippen molar-refractivity contribution in [2.24, 2.45) is 0 Å². The van der Waals surface area contributed by atoms with Gasteiger partial charge in [-0.25, -0.2) is 0 Å². The number of allylic oxidation sites excluding steroid dienone is 1. The normalized spacial score (nSPS) is 20.9. The molecular formula is C30H34N2O8. The maximum atomic E-state index is 13.6. The van der Waals surface area contributed by atoms with Gasteiger partial charge in [-0.05, 0) is 29.8 Å². The quantitative estimate of drug-likeness (QED) is 0.381. The summed E-state index contributed by atoms with van der Waals surface area (Å²) in [6.07, 6.45) is 3.60. The molecule has 10 heteroatoms. The van der Waals surface area contributed by atoms with E-state index in [9.17, 15) is 4.79 Å². The van der Waals surface area contributed by atoms with Crippen LogP contribution in [-0.2, 0) is 25.5 Å². The van der Waals surface area contributed by atoms with Crippen molar-refractivity contribution in [3.8, 4) is 11.5 Å². The van der Waals surface area contributed by atoms with Crippen LogP contribution in [0.25, 0.3) is 11.0 Å². The van der Waals surface area contributed by atoms with Crippen LogP contribution in [0, 0.1) is 0 Å². The fraction of sp³-hybridized carbons (Fsp3) is 0.433. The molecule has 3 aliphatic heterocycles. The summed E-state index contributed by atoms with van der Waals surface area (Å²) >= 11 is 0. The number of rotatable bonds is 10. The zero-order chi connectivity index (χ0) is 27.3. The average Bonchev–Trinajstić information content (AvgIpc) is 3.64. The van der Waals surface area contributed by atoms with Gasteiger partial charge in [0.15, 0.2) is 17.3 Å². The van der Waals surface area contributed by atoms with Crippen LogP contribution in [0.5, 0.6) is 11.5 Å². The first-order valence-corrected chi connectivity index (χ1v) is 13.7. The molecule has 2 atom stereocenters. The third-order valence-corrected chi connectivity index (χ3v) is 7.45. The van der Waals surface area contributed by atoms with Gasteiger partial charge in [-0.2, -0.15) is 0 Å². The van der Waals surface area contributed by atoms with Crippen LogP contribution in [0.4, 0.5) is 0 Å². The molecule has 2 aromatic carbocycles. The molecule has 0 unspecified atom stereocenters. The minimum absolute atomic E-state index is 0.0408. The first-order chi connectivity index (χ1) is 19.7. The Hall–Kier alpha value is -3.57. The third kappa shape index (κ3) is 5.95. The number of carbonyl (C=O) groups excluding carboxylic acids is 1. The van der Waals surface area contributed by atoms with Gasteiger partial charge in [-0.15, -0.1) is 0 Å². The van der Waals surface area contributed by atoms with Crippen molar-refractivity contribution in [2.75, 3.05) is 59.4 Å². The van der Waals surface area contributed by atoms with Gasteiger partial charge in [-0.1, -0.05) is 24.3 Å². The van der Waals surface area contributed by atoms with E-state index in [4.69, 9.17) is 33.2 Å². The highest BCUT2D eigenvalue weighted by Crippen LogP contribution is 2.37. The van der Waals surface area contributed by atoms with Gasteiger partial charge in [-0.3, -0.25) is 9.69 Å². The monoisotopic (exact) mass is 550 g/mol. The maximum Gasteiger partial charge on any atom is 0.288 e. The molecule has 212 valence electrons. The summed E-state index contributed by atoms with van der Waals surface area (Å²) in [5, 5.41) is 9.94. The minimum Gasteiger partial charge on any atom is -0.464 e. The highest BCUT2D eigenvalue weighted by Gasteiger charge is 2.33. The van der Waals surface area contributed by atoms with E-state index in [1.54, 1.807) is 6.26 Å². The summed E-state index contributed by atoms with van der Waals surface area (Å²) in [4.78, 5) is 17.8. The third-order valence-electron chi connectivity index (χ3n) is 7.45. The van der Waals surface area contributed by atoms with Gasteiger partial charge < -0.3 is 38.1 Å². The summed E-state index contributed by atoms with van der Waals surface area (Å²) in [5.41, 5.74) is 2.96. The van der Waals surface area contributed by atoms with Crippen molar-refractivity contribution in [3.63, 3.8) is 0 Å². The van der Waals surface area contributed by atoms with Crippen molar-refractivity contribution < 1.29 is 38.0 Å². The number of carbonyl (C=O) groups is 1. The Morgan fingerprint density at radius 1 is 1.00 bits per heavy atom. The number of hydrogen-bond donors (Lipinski definition) is 1. The summed E-state index contributed by atoms with van der Waals surface area (Å²) < 4.78 is 34.1. The molecule has 1 amide bonds. The zero-order valence-electron chi connectivity index (χ0n) is 22.3. The van der Waals surface area contributed by atoms with E-state index in [1.807, 2.05) is 47.4 Å². The number of aliphatic hydroxyl groups excluding tert-OH is 1. The Balaban J connectivity index is 1.11. The Labute approximate surface area is 232 Å². The van der Waals surface area contributed by atoms with Crippen molar-refractivity contribution in [3.05, 3.63) is 71.7 Å². The Morgan fingerprint density at radius 3 is 2.73 bits per heavy atom. The summed E-state index contributed by atoms with van der Waals surface area (Å²) in [6, 6.07) is 13.9. The van der Waals surface area contributed by atoms with Crippen LogP contribution in [-0.4, -0.2) is 86.5 Å². The molecule has 1 saturated heterocycles. The largest absolute Gasteiger partial charge is 0.464 e. The van der Waals surface area contributed by atoms with Gasteiger partial charge in [0.25, 0.3) is 5.91 Å². The standard InChI is InChI=1S/C30H34N2O8/c33-11-12-35-13-14-36-29-17-22(24-19-37-25-4-2-1-3-23(24)25)16-28(40-29)30(34)32-9-7-31(8-10-32)18-21-5-6-26-27(15-21)39-20-38-26/h1-6,15-16,19,22,29,33H,7-14,17-18,20H2/t22-,29+/m0/s1. The van der Waals surface area contributed by atoms with E-state index in [1.165, 1.54) is 0 Å². The van der Waals surface area contributed by atoms with Gasteiger partial charge in [0, 0.05) is 56.0 Å². The second-order valence-electron chi connectivity index (χ2n) is 10.1. The molecular weight excluding hydrogens is 516 g/mol. The molecule has 0 aliphatic carbocycles. The topological polar surface area (TPSA) is 103 Å². The number of ether oxygens (including phenoxy) is 5. The fourth-order valence-electron chi connectivity index (χ4n) is 5.38. The Bertz CT molecular complexity index is 1350. The number of para-hydroxylation sites is 1. The van der Waals surface area contributed by atoms with Crippen LogP contribution < -0.4 is 9.47 Å². The molecule has 0 spiro atoms. The average molecular weight is 551 g/mol. The van der Waals surface area contributed by atoms with Crippen LogP contribution in [0.15, 0.2) is 65.0 Å². The van der Waals surface area contributed by atoms with E-state index >= 15 is 0 Å². The number of piperazine rings is 1. The van der Waals surface area contributed by atoms with Crippen LogP contribution in [0.1, 0.15) is 23.5 Å². The molecule has 3 aromatic rings. The molecule has 1 fully saturated rings. The fourth-order valence-corrected chi connectivity index (χ4v) is 5.38. The molecule has 10 nitrogen and oxygen atoms in total. The smallest absolute Gasteiger partial charge is 0.288 e. The van der Waals surface area contributed by atoms with E-state index in [0.717, 1.165) is 53.2 Å². The number of nitrogens with zero attached hydrogens (tertiary/aromatic N) is 2. The zero-order valence-corrected chi connectivity index (χ0v) is 22.3. The first kappa shape index (κ1) is 26.6. The number of furan rings is 1. The predicted octanol–water partition coefficient (Wildman–Crippen LogP) is 3.25. The van der Waals surface area contributed by atoms with E-state index < -0.39 is 6.29 Å². The summed E-state index contributed by atoms with van der Waals surface area (Å²) in [6.45, 7) is 4.59. The second kappa shape index (κ2) is 12.3. The number of fused-ring (bicyclic) bond motifs is 2. The number of amides is 1. The SMILES string of the molecule is O=C(C1=C[C@H](c2coc3ccccc23)C[C@H](OCCOCCO)O1)N1CCN(Cc2ccc3c(c2)OCO3)CC1. The molecule has 6 rings (SSSR count). The number of benzene rings is 2. The van der Waals surface area contributed by atoms with Gasteiger partial charge >= 0.3 is 0 Å². The highest BCUT2D eigenvalue weighted by atomic mass is 16.7. The van der Waals surface area contributed by atoms with Crippen molar-refractivity contribution >= 4 is 16.9 Å². The van der Waals surface area contributed by atoms with Gasteiger partial charge in [0.1, 0.15) is 5.58 Å². The molecule has 1 N–H and O–H groups in total. The molecule has 3 aliphatic rings. The molecule has 0 radical (unpaired) electrons. The summed E-state index contributed by atoms with van der Waals surface area (Å²) in [7, 11) is 0. The van der Waals surface area contributed by atoms with E-state index in [0.29, 0.717) is 38.5 Å². The predicted molar refractivity (Wildman–Crippen MR) is 145 cm³/mol. The highest BCUT2D eigenvalue weighted by molar-refractivity contribution is 5.92. The lowest BCUT2D eigenvalue weighted by Gasteiger charge is -2.36. The molecule has 40 heavy (non-hydrogen) atoms. The van der Waals surface area contributed by atoms with Crippen LogP contribution in [0.2, 0.25) is 0 Å². The van der Waals surface area contributed by atoms with Crippen LogP contribution >= 0.6 is 0 Å². The van der Waals surface area contributed by atoms with Gasteiger partial charge in [0.2, 0.25) is 13.1 Å². The molecule has 0 bridgehead atoms. The van der Waals surface area contributed by atoms with E-state index in [2.05, 4.69) is 11.0 Å². The van der Waals surface area contributed by atoms with Crippen molar-refractivity contribution in [2.45, 2.75) is 25.2 Å². The number of hydrogen-bond acceptors (Lipinski definition) is 9. The van der Waals surface area contributed by atoms with Crippen LogP contribution in [0.3, 0.4) is 0 Å². The summed E-state index contributed by atoms with van der Waals surface area (Å²) in [5.74, 6) is 1.62. The molecule has 4 heterocycles. The first-order valence-electron chi connectivity index (χ1n) is 13.7. The van der Waals surface area contributed by atoms with Gasteiger partial charge in [0.05, 0.1) is 32.7 Å². The molecule has 0 saturated carbocycles. The Morgan fingerprint density at radius 2 is 1.85 bits per heavy atom. The second-order valence-corrected chi connectivity index (χ2v) is 10.1. The van der Waals surface area contributed by atoms with Crippen molar-refractivity contribution in [1.29, 1.82) is 0 Å². The molecule has 1 aromatic heterocycles. The van der Waals surface area contributed by atoms with E-state index in [-0.39, 0.29) is 31.8 Å². The lowest BCUT2D eigenvalue weighted by atomic mass is 9.92.